The first-order valence-electron chi connectivity index (χ1n) is 9.81. The number of hydrogen-bond donors (Lipinski definition) is 3. The van der Waals surface area contributed by atoms with Crippen molar-refractivity contribution in [1.29, 1.82) is 0 Å². The number of alkyl halides is 1. The summed E-state index contributed by atoms with van der Waals surface area (Å²) >= 11 is 6.40. The lowest BCUT2D eigenvalue weighted by atomic mass is 9.98. The standard InChI is InChI=1S/C19H18ClN5O9S2/c1-33-18(29)15-14(17(28)25(15)36(30,31)32)23-16(27)13(24-34-8-10-5-3-2-4-6-10)11-9-35-19(21-11)22-12(26)7-20/h2-6,9,14-15H,7-8H2,1H3,(H,23,27)(H,21,22,26)(H,30,31,32)/b24-13-/t14-,15-/m1/s1. The number of ether oxygens (including phenoxy) is 1. The summed E-state index contributed by atoms with van der Waals surface area (Å²) in [4.78, 5) is 58.2. The molecule has 0 unspecified atom stereocenters. The van der Waals surface area contributed by atoms with Gasteiger partial charge in [-0.05, 0) is 5.56 Å². The maximum atomic E-state index is 13.0. The molecule has 36 heavy (non-hydrogen) atoms. The minimum absolute atomic E-state index is 0.0404. The highest BCUT2D eigenvalue weighted by Crippen LogP contribution is 2.25. The number of halogens is 1. The maximum Gasteiger partial charge on any atom is 0.363 e. The number of carbonyl (C=O) groups is 4. The molecule has 3 N–H and O–H groups in total. The third-order valence-electron chi connectivity index (χ3n) is 4.59. The van der Waals surface area contributed by atoms with Gasteiger partial charge in [0, 0.05) is 5.38 Å². The number of methoxy groups -OCH3 is 1. The number of β-lactam (4-membered cyclic amide) rings is 1. The van der Waals surface area contributed by atoms with Crippen LogP contribution in [0.1, 0.15) is 11.3 Å². The van der Waals surface area contributed by atoms with Crippen LogP contribution >= 0.6 is 22.9 Å². The monoisotopic (exact) mass is 559 g/mol. The van der Waals surface area contributed by atoms with Crippen LogP contribution in [0.5, 0.6) is 0 Å². The van der Waals surface area contributed by atoms with Crippen LogP contribution in [0, 0.1) is 0 Å². The van der Waals surface area contributed by atoms with Crippen molar-refractivity contribution >= 4 is 67.8 Å². The molecule has 14 nitrogen and oxygen atoms in total. The Labute approximate surface area is 213 Å². The van der Waals surface area contributed by atoms with E-state index < -0.39 is 51.8 Å². The third-order valence-corrected chi connectivity index (χ3v) is 6.49. The summed E-state index contributed by atoms with van der Waals surface area (Å²) in [5, 5.41) is 9.83. The van der Waals surface area contributed by atoms with E-state index in [0.29, 0.717) is 0 Å². The Balaban J connectivity index is 1.86. The summed E-state index contributed by atoms with van der Waals surface area (Å²) < 4.78 is 36.6. The van der Waals surface area contributed by atoms with Crippen molar-refractivity contribution in [2.45, 2.75) is 18.7 Å². The Kier molecular flexibility index (Phi) is 8.57. The first kappa shape index (κ1) is 27.0. The molecule has 2 atom stereocenters. The molecule has 3 amide bonds. The number of anilines is 1. The molecule has 192 valence electrons. The number of nitrogens with one attached hydrogen (secondary N) is 2. The largest absolute Gasteiger partial charge is 0.467 e. The zero-order chi connectivity index (χ0) is 26.5. The molecule has 0 radical (unpaired) electrons. The van der Waals surface area contributed by atoms with Crippen LogP contribution < -0.4 is 10.6 Å². The van der Waals surface area contributed by atoms with E-state index in [2.05, 4.69) is 25.5 Å². The van der Waals surface area contributed by atoms with Gasteiger partial charge in [0.05, 0.1) is 7.11 Å². The molecule has 1 fully saturated rings. The van der Waals surface area contributed by atoms with Crippen LogP contribution in [0.2, 0.25) is 0 Å². The Bertz CT molecular complexity index is 1300. The van der Waals surface area contributed by atoms with E-state index in [1.54, 1.807) is 30.3 Å². The molecule has 1 aromatic heterocycles. The number of aromatic nitrogens is 1. The minimum Gasteiger partial charge on any atom is -0.467 e. The second-order valence-corrected chi connectivity index (χ2v) is 9.36. The number of hydrogen-bond acceptors (Lipinski definition) is 11. The second kappa shape index (κ2) is 11.4. The number of rotatable bonds is 10. The molecule has 0 saturated carbocycles. The summed E-state index contributed by atoms with van der Waals surface area (Å²) in [6.07, 6.45) is 0. The number of amides is 3. The molecule has 0 aliphatic carbocycles. The van der Waals surface area contributed by atoms with Crippen molar-refractivity contribution in [1.82, 2.24) is 14.6 Å². The van der Waals surface area contributed by atoms with E-state index >= 15 is 0 Å². The highest BCUT2D eigenvalue weighted by atomic mass is 35.5. The summed E-state index contributed by atoms with van der Waals surface area (Å²) in [6.45, 7) is -0.0404. The second-order valence-electron chi connectivity index (χ2n) is 6.95. The lowest BCUT2D eigenvalue weighted by molar-refractivity contribution is -0.162. The van der Waals surface area contributed by atoms with Gasteiger partial charge in [0.1, 0.15) is 24.2 Å². The first-order valence-corrected chi connectivity index (χ1v) is 12.6. The minimum atomic E-state index is -5.10. The van der Waals surface area contributed by atoms with Gasteiger partial charge in [-0.15, -0.1) is 22.9 Å². The van der Waals surface area contributed by atoms with Crippen molar-refractivity contribution in [3.8, 4) is 0 Å². The summed E-state index contributed by atoms with van der Waals surface area (Å²) in [5.74, 6) is -4.42. The van der Waals surface area contributed by atoms with E-state index in [9.17, 15) is 32.1 Å². The number of carbonyl (C=O) groups excluding carboxylic acids is 4. The van der Waals surface area contributed by atoms with E-state index in [4.69, 9.17) is 16.4 Å². The normalized spacial score (nSPS) is 17.7. The highest BCUT2D eigenvalue weighted by Gasteiger charge is 2.58. The van der Waals surface area contributed by atoms with Crippen molar-refractivity contribution in [3.63, 3.8) is 0 Å². The summed E-state index contributed by atoms with van der Waals surface area (Å²) in [5.41, 5.74) is 0.205. The van der Waals surface area contributed by atoms with Crippen molar-refractivity contribution in [2.75, 3.05) is 18.3 Å². The van der Waals surface area contributed by atoms with Gasteiger partial charge < -0.3 is 20.2 Å². The third kappa shape index (κ3) is 6.14. The average Bonchev–Trinajstić information content (AvgIpc) is 3.30. The van der Waals surface area contributed by atoms with Gasteiger partial charge in [0.25, 0.3) is 11.8 Å². The molecule has 1 aromatic carbocycles. The molecule has 3 rings (SSSR count). The fraction of sp³-hybridized carbons (Fsp3) is 0.263. The molecular formula is C19H18ClN5O9S2. The van der Waals surface area contributed by atoms with Crippen LogP contribution in [0.15, 0.2) is 40.9 Å². The lowest BCUT2D eigenvalue weighted by Crippen LogP contribution is -2.74. The molecule has 1 aliphatic heterocycles. The number of thiazole rings is 1. The SMILES string of the molecule is COC(=O)[C@H]1[C@@H](NC(=O)/C(=N\OCc2ccccc2)c2csc(NC(=O)CCl)n2)C(=O)N1S(=O)(=O)O. The van der Waals surface area contributed by atoms with Gasteiger partial charge in [-0.1, -0.05) is 35.5 Å². The van der Waals surface area contributed by atoms with Gasteiger partial charge in [-0.3, -0.25) is 18.9 Å². The number of benzene rings is 1. The molecule has 1 saturated heterocycles. The number of esters is 1. The van der Waals surface area contributed by atoms with E-state index in [0.717, 1.165) is 24.0 Å². The Morgan fingerprint density at radius 3 is 2.58 bits per heavy atom. The van der Waals surface area contributed by atoms with E-state index in [1.165, 1.54) is 5.38 Å². The predicted molar refractivity (Wildman–Crippen MR) is 125 cm³/mol. The number of oxime groups is 1. The van der Waals surface area contributed by atoms with E-state index in [-0.39, 0.29) is 27.6 Å². The van der Waals surface area contributed by atoms with Crippen LogP contribution in [0.4, 0.5) is 5.13 Å². The Morgan fingerprint density at radius 2 is 1.97 bits per heavy atom. The predicted octanol–water partition coefficient (Wildman–Crippen LogP) is -0.0873. The Morgan fingerprint density at radius 1 is 1.28 bits per heavy atom. The molecule has 0 spiro atoms. The fourth-order valence-electron chi connectivity index (χ4n) is 2.97. The molecule has 0 bridgehead atoms. The highest BCUT2D eigenvalue weighted by molar-refractivity contribution is 7.84. The smallest absolute Gasteiger partial charge is 0.363 e. The van der Waals surface area contributed by atoms with Gasteiger partial charge in [0.15, 0.2) is 16.9 Å². The van der Waals surface area contributed by atoms with Crippen LogP contribution in [0.3, 0.4) is 0 Å². The molecule has 2 heterocycles. The molecule has 2 aromatic rings. The molecule has 1 aliphatic rings. The van der Waals surface area contributed by atoms with Gasteiger partial charge in [0.2, 0.25) is 5.91 Å². The fourth-order valence-corrected chi connectivity index (χ4v) is 4.58. The zero-order valence-corrected chi connectivity index (χ0v) is 20.7. The van der Waals surface area contributed by atoms with Crippen LogP contribution in [-0.4, -0.2) is 76.7 Å². The van der Waals surface area contributed by atoms with Crippen LogP contribution in [0.25, 0.3) is 0 Å². The van der Waals surface area contributed by atoms with Gasteiger partial charge >= 0.3 is 16.3 Å². The maximum absolute atomic E-state index is 13.0. The number of nitrogens with zero attached hydrogens (tertiary/aromatic N) is 3. The van der Waals surface area contributed by atoms with Crippen molar-refractivity contribution in [2.24, 2.45) is 5.16 Å². The van der Waals surface area contributed by atoms with Gasteiger partial charge in [-0.2, -0.15) is 12.7 Å². The quantitative estimate of drug-likeness (QED) is 0.0884. The molecular weight excluding hydrogens is 542 g/mol. The lowest BCUT2D eigenvalue weighted by Gasteiger charge is -2.41. The topological polar surface area (TPSA) is 194 Å². The molecule has 17 heteroatoms. The first-order chi connectivity index (χ1) is 17.1. The van der Waals surface area contributed by atoms with Crippen molar-refractivity contribution in [3.05, 3.63) is 47.0 Å². The average molecular weight is 560 g/mol. The summed E-state index contributed by atoms with van der Waals surface area (Å²) in [7, 11) is -4.17. The summed E-state index contributed by atoms with van der Waals surface area (Å²) in [6, 6.07) is 5.27. The van der Waals surface area contributed by atoms with Gasteiger partial charge in [-0.25, -0.2) is 9.78 Å². The Hall–Kier alpha value is -3.60. The zero-order valence-electron chi connectivity index (χ0n) is 18.3. The van der Waals surface area contributed by atoms with E-state index in [1.807, 2.05) is 0 Å². The van der Waals surface area contributed by atoms with Crippen LogP contribution in [-0.2, 0) is 45.7 Å². The van der Waals surface area contributed by atoms with Crippen molar-refractivity contribution < 1.29 is 41.7 Å².